The second-order valence-corrected chi connectivity index (χ2v) is 6.51. The number of rotatable bonds is 3. The summed E-state index contributed by atoms with van der Waals surface area (Å²) >= 11 is 0. The highest BCUT2D eigenvalue weighted by atomic mass is 32.2. The number of benzene rings is 1. The van der Waals surface area contributed by atoms with Crippen molar-refractivity contribution >= 4 is 9.84 Å². The second-order valence-electron chi connectivity index (χ2n) is 4.56. The minimum absolute atomic E-state index is 0.144. The fraction of sp³-hybridized carbons (Fsp3) is 0.455. The minimum Gasteiger partial charge on any atom is -0.390 e. The van der Waals surface area contributed by atoms with E-state index in [0.717, 1.165) is 18.4 Å². The van der Waals surface area contributed by atoms with Gasteiger partial charge in [0, 0.05) is 12.7 Å². The first kappa shape index (κ1) is 12.4. The van der Waals surface area contributed by atoms with Crippen LogP contribution in [0, 0.1) is 11.6 Å². The average molecular weight is 262 g/mol. The van der Waals surface area contributed by atoms with Gasteiger partial charge in [-0.25, -0.2) is 17.2 Å². The van der Waals surface area contributed by atoms with Crippen molar-refractivity contribution < 1.29 is 22.3 Å². The second kappa shape index (κ2) is 3.74. The molecule has 6 heteroatoms. The smallest absolute Gasteiger partial charge is 0.181 e. The summed E-state index contributed by atoms with van der Waals surface area (Å²) in [5, 5.41) is 9.63. The molecule has 94 valence electrons. The predicted octanol–water partition coefficient (Wildman–Crippen LogP) is 1.44. The lowest BCUT2D eigenvalue weighted by Gasteiger charge is -2.09. The van der Waals surface area contributed by atoms with E-state index in [0.29, 0.717) is 12.8 Å². The SMILES string of the molecule is CS(=O)(=O)c1c(F)cc(CC2(O)CC2)cc1F. The zero-order chi connectivity index (χ0) is 12.8. The van der Waals surface area contributed by atoms with Crippen molar-refractivity contribution in [3.63, 3.8) is 0 Å². The third kappa shape index (κ3) is 2.63. The van der Waals surface area contributed by atoms with Gasteiger partial charge in [-0.3, -0.25) is 0 Å². The van der Waals surface area contributed by atoms with Crippen molar-refractivity contribution in [1.29, 1.82) is 0 Å². The fourth-order valence-corrected chi connectivity index (χ4v) is 2.60. The van der Waals surface area contributed by atoms with Gasteiger partial charge in [-0.15, -0.1) is 0 Å². The van der Waals surface area contributed by atoms with Crippen LogP contribution in [-0.4, -0.2) is 25.4 Å². The Balaban J connectivity index is 2.41. The van der Waals surface area contributed by atoms with E-state index in [9.17, 15) is 22.3 Å². The zero-order valence-corrected chi connectivity index (χ0v) is 10.0. The minimum atomic E-state index is -3.92. The van der Waals surface area contributed by atoms with Gasteiger partial charge in [-0.2, -0.15) is 0 Å². The maximum absolute atomic E-state index is 13.5. The maximum atomic E-state index is 13.5. The zero-order valence-electron chi connectivity index (χ0n) is 9.20. The van der Waals surface area contributed by atoms with Crippen molar-refractivity contribution in [3.8, 4) is 0 Å². The van der Waals surface area contributed by atoms with Gasteiger partial charge in [0.05, 0.1) is 5.60 Å². The van der Waals surface area contributed by atoms with Crippen LogP contribution in [0.3, 0.4) is 0 Å². The summed E-state index contributed by atoms with van der Waals surface area (Å²) in [5.41, 5.74) is -0.599. The van der Waals surface area contributed by atoms with Gasteiger partial charge in [-0.1, -0.05) is 0 Å². The molecule has 1 N–H and O–H groups in total. The van der Waals surface area contributed by atoms with Gasteiger partial charge in [0.25, 0.3) is 0 Å². The summed E-state index contributed by atoms with van der Waals surface area (Å²) in [7, 11) is -3.92. The van der Waals surface area contributed by atoms with Gasteiger partial charge >= 0.3 is 0 Å². The lowest BCUT2D eigenvalue weighted by molar-refractivity contribution is 0.150. The molecule has 1 aliphatic carbocycles. The number of hydrogen-bond donors (Lipinski definition) is 1. The third-order valence-corrected chi connectivity index (χ3v) is 3.92. The Bertz CT molecular complexity index is 539. The molecule has 0 amide bonds. The monoisotopic (exact) mass is 262 g/mol. The first-order valence-corrected chi connectivity index (χ1v) is 7.01. The van der Waals surface area contributed by atoms with Crippen molar-refractivity contribution in [2.45, 2.75) is 29.8 Å². The van der Waals surface area contributed by atoms with Crippen LogP contribution in [0.2, 0.25) is 0 Å². The topological polar surface area (TPSA) is 54.4 Å². The Kier molecular flexibility index (Phi) is 2.74. The van der Waals surface area contributed by atoms with E-state index in [1.807, 2.05) is 0 Å². The molecular formula is C11H12F2O3S. The highest BCUT2D eigenvalue weighted by Crippen LogP contribution is 2.38. The van der Waals surface area contributed by atoms with Crippen molar-refractivity contribution in [3.05, 3.63) is 29.3 Å². The van der Waals surface area contributed by atoms with E-state index in [4.69, 9.17) is 0 Å². The molecule has 0 spiro atoms. The molecule has 0 aromatic heterocycles. The van der Waals surface area contributed by atoms with Crippen LogP contribution in [0.25, 0.3) is 0 Å². The third-order valence-electron chi connectivity index (χ3n) is 2.79. The summed E-state index contributed by atoms with van der Waals surface area (Å²) in [4.78, 5) is -0.913. The Hall–Kier alpha value is -1.01. The highest BCUT2D eigenvalue weighted by molar-refractivity contribution is 7.90. The van der Waals surface area contributed by atoms with E-state index in [1.165, 1.54) is 0 Å². The number of sulfone groups is 1. The van der Waals surface area contributed by atoms with E-state index in [1.54, 1.807) is 0 Å². The van der Waals surface area contributed by atoms with Crippen molar-refractivity contribution in [1.82, 2.24) is 0 Å². The van der Waals surface area contributed by atoms with Gasteiger partial charge < -0.3 is 5.11 Å². The molecule has 17 heavy (non-hydrogen) atoms. The Morgan fingerprint density at radius 2 is 1.76 bits per heavy atom. The quantitative estimate of drug-likeness (QED) is 0.896. The number of halogens is 2. The molecule has 0 bridgehead atoms. The average Bonchev–Trinajstić information content (AvgIpc) is 2.78. The summed E-state index contributed by atoms with van der Waals surface area (Å²) in [6, 6.07) is 1.94. The number of aliphatic hydroxyl groups is 1. The molecule has 1 saturated carbocycles. The largest absolute Gasteiger partial charge is 0.390 e. The van der Waals surface area contributed by atoms with Crippen molar-refractivity contribution in [2.24, 2.45) is 0 Å². The molecule has 0 aliphatic heterocycles. The molecule has 0 heterocycles. The van der Waals surface area contributed by atoms with Crippen LogP contribution in [0.1, 0.15) is 18.4 Å². The molecule has 0 unspecified atom stereocenters. The van der Waals surface area contributed by atoms with E-state index in [-0.39, 0.29) is 12.0 Å². The normalized spacial score (nSPS) is 18.1. The van der Waals surface area contributed by atoms with Crippen LogP contribution in [0.15, 0.2) is 17.0 Å². The van der Waals surface area contributed by atoms with E-state index in [2.05, 4.69) is 0 Å². The van der Waals surface area contributed by atoms with Crippen LogP contribution >= 0.6 is 0 Å². The Morgan fingerprint density at radius 1 is 1.29 bits per heavy atom. The number of hydrogen-bond acceptors (Lipinski definition) is 3. The molecule has 1 aromatic carbocycles. The summed E-state index contributed by atoms with van der Waals surface area (Å²) < 4.78 is 49.3. The van der Waals surface area contributed by atoms with Crippen LogP contribution in [-0.2, 0) is 16.3 Å². The standard InChI is InChI=1S/C11H12F2O3S/c1-17(15,16)10-8(12)4-7(5-9(10)13)6-11(14)2-3-11/h4-5,14H,2-3,6H2,1H3. The Labute approximate surface area is 98.0 Å². The van der Waals surface area contributed by atoms with Gasteiger partial charge in [-0.05, 0) is 30.5 Å². The van der Waals surface area contributed by atoms with Gasteiger partial charge in [0.1, 0.15) is 16.5 Å². The lowest BCUT2D eigenvalue weighted by atomic mass is 10.1. The predicted molar refractivity (Wildman–Crippen MR) is 57.4 cm³/mol. The van der Waals surface area contributed by atoms with Crippen LogP contribution in [0.4, 0.5) is 8.78 Å². The molecule has 3 nitrogen and oxygen atoms in total. The van der Waals surface area contributed by atoms with Crippen molar-refractivity contribution in [2.75, 3.05) is 6.26 Å². The molecule has 1 aliphatic rings. The first-order chi connectivity index (χ1) is 7.71. The first-order valence-electron chi connectivity index (χ1n) is 5.12. The lowest BCUT2D eigenvalue weighted by Crippen LogP contribution is -2.12. The maximum Gasteiger partial charge on any atom is 0.181 e. The molecule has 0 saturated heterocycles. The Morgan fingerprint density at radius 3 is 2.12 bits per heavy atom. The summed E-state index contributed by atoms with van der Waals surface area (Å²) in [5.74, 6) is -2.21. The van der Waals surface area contributed by atoms with E-state index < -0.39 is 32.0 Å². The summed E-state index contributed by atoms with van der Waals surface area (Å²) in [6.07, 6.45) is 2.10. The highest BCUT2D eigenvalue weighted by Gasteiger charge is 2.40. The molecule has 1 fully saturated rings. The molecular weight excluding hydrogens is 250 g/mol. The van der Waals surface area contributed by atoms with Crippen LogP contribution < -0.4 is 0 Å². The fourth-order valence-electron chi connectivity index (χ4n) is 1.77. The molecule has 1 aromatic rings. The molecule has 2 rings (SSSR count). The van der Waals surface area contributed by atoms with E-state index >= 15 is 0 Å². The summed E-state index contributed by atoms with van der Waals surface area (Å²) in [6.45, 7) is 0. The molecule has 0 radical (unpaired) electrons. The van der Waals surface area contributed by atoms with Gasteiger partial charge in [0.2, 0.25) is 0 Å². The molecule has 0 atom stereocenters. The van der Waals surface area contributed by atoms with Crippen LogP contribution in [0.5, 0.6) is 0 Å². The van der Waals surface area contributed by atoms with Gasteiger partial charge in [0.15, 0.2) is 9.84 Å².